The van der Waals surface area contributed by atoms with Crippen molar-refractivity contribution >= 4 is 11.3 Å². The molecule has 3 heterocycles. The van der Waals surface area contributed by atoms with Crippen LogP contribution in [-0.2, 0) is 11.3 Å². The van der Waals surface area contributed by atoms with Gasteiger partial charge in [-0.05, 0) is 25.4 Å². The minimum Gasteiger partial charge on any atom is -0.379 e. The van der Waals surface area contributed by atoms with Crippen molar-refractivity contribution in [2.45, 2.75) is 19.5 Å². The van der Waals surface area contributed by atoms with Crippen LogP contribution in [0.2, 0.25) is 0 Å². The predicted molar refractivity (Wildman–Crippen MR) is 87.0 cm³/mol. The number of ether oxygens (including phenoxy) is 1. The topological polar surface area (TPSA) is 41.7 Å². The van der Waals surface area contributed by atoms with Gasteiger partial charge >= 0.3 is 0 Å². The van der Waals surface area contributed by atoms with Crippen LogP contribution in [0.15, 0.2) is 28.1 Å². The molecule has 22 heavy (non-hydrogen) atoms. The third-order valence-corrected chi connectivity index (χ3v) is 4.92. The van der Waals surface area contributed by atoms with Gasteiger partial charge in [-0.3, -0.25) is 9.80 Å². The van der Waals surface area contributed by atoms with Crippen molar-refractivity contribution in [3.05, 3.63) is 39.9 Å². The van der Waals surface area contributed by atoms with E-state index < -0.39 is 0 Å². The molecule has 2 aromatic rings. The Bertz CT molecular complexity index is 564. The highest BCUT2D eigenvalue weighted by molar-refractivity contribution is 7.10. The Morgan fingerprint density at radius 3 is 2.86 bits per heavy atom. The van der Waals surface area contributed by atoms with Crippen molar-refractivity contribution in [3.63, 3.8) is 0 Å². The SMILES string of the molecule is Cc1cc(CN(C)CC(c2cccs2)N2CCOCC2)no1. The second-order valence-electron chi connectivity index (χ2n) is 5.81. The number of aryl methyl sites for hydroxylation is 1. The first kappa shape index (κ1) is 15.7. The lowest BCUT2D eigenvalue weighted by atomic mass is 10.1. The summed E-state index contributed by atoms with van der Waals surface area (Å²) in [5, 5.41) is 6.25. The summed E-state index contributed by atoms with van der Waals surface area (Å²) in [6.07, 6.45) is 0. The molecule has 1 aliphatic heterocycles. The number of hydrogen-bond donors (Lipinski definition) is 0. The van der Waals surface area contributed by atoms with Crippen LogP contribution in [0.5, 0.6) is 0 Å². The zero-order chi connectivity index (χ0) is 15.4. The van der Waals surface area contributed by atoms with Gasteiger partial charge in [0, 0.05) is 37.1 Å². The van der Waals surface area contributed by atoms with E-state index in [9.17, 15) is 0 Å². The number of thiophene rings is 1. The Balaban J connectivity index is 1.66. The number of rotatable bonds is 6. The summed E-state index contributed by atoms with van der Waals surface area (Å²) >= 11 is 1.83. The molecule has 0 aromatic carbocycles. The molecule has 1 aliphatic rings. The van der Waals surface area contributed by atoms with E-state index in [4.69, 9.17) is 9.26 Å². The van der Waals surface area contributed by atoms with Gasteiger partial charge in [-0.25, -0.2) is 0 Å². The van der Waals surface area contributed by atoms with Gasteiger partial charge in [-0.1, -0.05) is 11.2 Å². The van der Waals surface area contributed by atoms with Crippen molar-refractivity contribution in [2.75, 3.05) is 39.9 Å². The molecule has 1 saturated heterocycles. The molecule has 1 unspecified atom stereocenters. The molecule has 0 bridgehead atoms. The zero-order valence-corrected chi connectivity index (χ0v) is 14.0. The van der Waals surface area contributed by atoms with Gasteiger partial charge in [-0.15, -0.1) is 11.3 Å². The van der Waals surface area contributed by atoms with E-state index >= 15 is 0 Å². The average Bonchev–Trinajstić information content (AvgIpc) is 3.18. The minimum atomic E-state index is 0.418. The molecule has 1 atom stereocenters. The van der Waals surface area contributed by atoms with Crippen LogP contribution in [0.25, 0.3) is 0 Å². The molecule has 3 rings (SSSR count). The fourth-order valence-corrected chi connectivity index (χ4v) is 3.74. The zero-order valence-electron chi connectivity index (χ0n) is 13.2. The van der Waals surface area contributed by atoms with Crippen LogP contribution in [0.3, 0.4) is 0 Å². The Hall–Kier alpha value is -1.21. The van der Waals surface area contributed by atoms with E-state index in [-0.39, 0.29) is 0 Å². The second kappa shape index (κ2) is 7.37. The summed E-state index contributed by atoms with van der Waals surface area (Å²) < 4.78 is 10.7. The average molecular weight is 321 g/mol. The summed E-state index contributed by atoms with van der Waals surface area (Å²) in [6.45, 7) is 7.37. The van der Waals surface area contributed by atoms with Crippen LogP contribution in [0.1, 0.15) is 22.4 Å². The second-order valence-corrected chi connectivity index (χ2v) is 6.78. The monoisotopic (exact) mass is 321 g/mol. The highest BCUT2D eigenvalue weighted by Gasteiger charge is 2.24. The Kier molecular flexibility index (Phi) is 5.25. The third kappa shape index (κ3) is 3.95. The lowest BCUT2D eigenvalue weighted by Crippen LogP contribution is -2.42. The van der Waals surface area contributed by atoms with E-state index in [0.29, 0.717) is 6.04 Å². The van der Waals surface area contributed by atoms with Gasteiger partial charge in [0.15, 0.2) is 0 Å². The quantitative estimate of drug-likeness (QED) is 0.818. The predicted octanol–water partition coefficient (Wildman–Crippen LogP) is 2.55. The summed E-state index contributed by atoms with van der Waals surface area (Å²) in [6, 6.07) is 6.79. The molecule has 120 valence electrons. The van der Waals surface area contributed by atoms with E-state index in [1.165, 1.54) is 4.88 Å². The number of hydrogen-bond acceptors (Lipinski definition) is 6. The summed E-state index contributed by atoms with van der Waals surface area (Å²) in [5.41, 5.74) is 0.993. The lowest BCUT2D eigenvalue weighted by Gasteiger charge is -2.36. The molecule has 1 fully saturated rings. The standard InChI is InChI=1S/C16H23N3O2S/c1-13-10-14(17-21-13)11-18(2)12-15(16-4-3-9-22-16)19-5-7-20-8-6-19/h3-4,9-10,15H,5-8,11-12H2,1-2H3. The Morgan fingerprint density at radius 2 is 2.23 bits per heavy atom. The van der Waals surface area contributed by atoms with Crippen molar-refractivity contribution < 1.29 is 9.26 Å². The number of likely N-dealkylation sites (N-methyl/N-ethyl adjacent to an activating group) is 1. The first-order valence-electron chi connectivity index (χ1n) is 7.68. The van der Waals surface area contributed by atoms with Crippen LogP contribution in [0.4, 0.5) is 0 Å². The first-order chi connectivity index (χ1) is 10.7. The van der Waals surface area contributed by atoms with Crippen molar-refractivity contribution in [1.29, 1.82) is 0 Å². The fraction of sp³-hybridized carbons (Fsp3) is 0.562. The number of aromatic nitrogens is 1. The van der Waals surface area contributed by atoms with Crippen LogP contribution >= 0.6 is 11.3 Å². The van der Waals surface area contributed by atoms with Crippen molar-refractivity contribution in [3.8, 4) is 0 Å². The van der Waals surface area contributed by atoms with E-state index in [1.54, 1.807) is 0 Å². The van der Waals surface area contributed by atoms with E-state index in [0.717, 1.165) is 50.8 Å². The largest absolute Gasteiger partial charge is 0.379 e. The first-order valence-corrected chi connectivity index (χ1v) is 8.56. The van der Waals surface area contributed by atoms with Gasteiger partial charge in [0.1, 0.15) is 5.76 Å². The maximum absolute atomic E-state index is 5.50. The highest BCUT2D eigenvalue weighted by Crippen LogP contribution is 2.27. The highest BCUT2D eigenvalue weighted by atomic mass is 32.1. The molecular formula is C16H23N3O2S. The van der Waals surface area contributed by atoms with Gasteiger partial charge < -0.3 is 9.26 Å². The summed E-state index contributed by atoms with van der Waals surface area (Å²) in [7, 11) is 2.14. The molecule has 0 amide bonds. The smallest absolute Gasteiger partial charge is 0.133 e. The molecule has 0 saturated carbocycles. The summed E-state index contributed by atoms with van der Waals surface area (Å²) in [5.74, 6) is 0.867. The van der Waals surface area contributed by atoms with E-state index in [2.05, 4.69) is 39.5 Å². The van der Waals surface area contributed by atoms with Crippen LogP contribution in [0, 0.1) is 6.92 Å². The van der Waals surface area contributed by atoms with Crippen LogP contribution in [-0.4, -0.2) is 54.9 Å². The van der Waals surface area contributed by atoms with Gasteiger partial charge in [-0.2, -0.15) is 0 Å². The molecule has 5 nitrogen and oxygen atoms in total. The van der Waals surface area contributed by atoms with Gasteiger partial charge in [0.25, 0.3) is 0 Å². The van der Waals surface area contributed by atoms with E-state index in [1.807, 2.05) is 24.3 Å². The molecule has 0 aliphatic carbocycles. The summed E-state index contributed by atoms with van der Waals surface area (Å²) in [4.78, 5) is 6.27. The maximum atomic E-state index is 5.50. The molecule has 0 spiro atoms. The van der Waals surface area contributed by atoms with Crippen LogP contribution < -0.4 is 0 Å². The molecule has 0 N–H and O–H groups in total. The lowest BCUT2D eigenvalue weighted by molar-refractivity contribution is 0.00953. The Labute approximate surface area is 135 Å². The molecule has 6 heteroatoms. The molecule has 0 radical (unpaired) electrons. The van der Waals surface area contributed by atoms with Crippen molar-refractivity contribution in [1.82, 2.24) is 15.0 Å². The van der Waals surface area contributed by atoms with Gasteiger partial charge in [0.2, 0.25) is 0 Å². The maximum Gasteiger partial charge on any atom is 0.133 e. The van der Waals surface area contributed by atoms with Gasteiger partial charge in [0.05, 0.1) is 24.9 Å². The molecular weight excluding hydrogens is 298 g/mol. The number of morpholine rings is 1. The number of nitrogens with zero attached hydrogens (tertiary/aromatic N) is 3. The minimum absolute atomic E-state index is 0.418. The molecule has 2 aromatic heterocycles. The van der Waals surface area contributed by atoms with Crippen molar-refractivity contribution in [2.24, 2.45) is 0 Å². The third-order valence-electron chi connectivity index (χ3n) is 3.95. The fourth-order valence-electron chi connectivity index (χ4n) is 2.88. The Morgan fingerprint density at radius 1 is 1.41 bits per heavy atom. The normalized spacial score (nSPS) is 18.0.